The van der Waals surface area contributed by atoms with E-state index in [1.54, 1.807) is 6.33 Å². The zero-order valence-electron chi connectivity index (χ0n) is 13.2. The molecule has 0 spiro atoms. The number of hydrogen-bond acceptors (Lipinski definition) is 5. The molecule has 2 N–H and O–H groups in total. The van der Waals surface area contributed by atoms with Gasteiger partial charge < -0.3 is 15.1 Å². The van der Waals surface area contributed by atoms with Gasteiger partial charge in [-0.05, 0) is 19.4 Å². The van der Waals surface area contributed by atoms with E-state index in [0.717, 1.165) is 64.5 Å². The summed E-state index contributed by atoms with van der Waals surface area (Å²) in [5, 5.41) is 10.2. The molecule has 0 aromatic carbocycles. The zero-order chi connectivity index (χ0) is 14.5. The van der Waals surface area contributed by atoms with Gasteiger partial charge in [0, 0.05) is 51.6 Å². The molecule has 2 saturated heterocycles. The van der Waals surface area contributed by atoms with Crippen LogP contribution in [-0.4, -0.2) is 76.7 Å². The van der Waals surface area contributed by atoms with E-state index in [0.29, 0.717) is 18.2 Å². The number of carbonyl (C=O) groups excluding carboxylic acids is 1. The Balaban J connectivity index is 0.00000132. The number of H-pyrrole nitrogens is 1. The Morgan fingerprint density at radius 3 is 2.74 bits per heavy atom. The highest BCUT2D eigenvalue weighted by atomic mass is 35.5. The summed E-state index contributed by atoms with van der Waals surface area (Å²) in [6.45, 7) is 6.45. The number of piperidine rings is 1. The minimum absolute atomic E-state index is 0. The van der Waals surface area contributed by atoms with Gasteiger partial charge in [0.2, 0.25) is 5.91 Å². The number of halogens is 2. The molecule has 2 aliphatic rings. The van der Waals surface area contributed by atoms with Crippen LogP contribution in [0.25, 0.3) is 0 Å². The van der Waals surface area contributed by atoms with Gasteiger partial charge in [0.15, 0.2) is 0 Å². The predicted molar refractivity (Wildman–Crippen MR) is 93.4 cm³/mol. The molecule has 3 rings (SSSR count). The second-order valence-corrected chi connectivity index (χ2v) is 5.89. The molecule has 0 aliphatic carbocycles. The van der Waals surface area contributed by atoms with Crippen LogP contribution < -0.4 is 5.32 Å². The number of aromatic nitrogens is 3. The van der Waals surface area contributed by atoms with Crippen molar-refractivity contribution >= 4 is 30.7 Å². The highest BCUT2D eigenvalue weighted by molar-refractivity contribution is 5.85. The van der Waals surface area contributed by atoms with Crippen LogP contribution in [-0.2, 0) is 4.79 Å². The first-order chi connectivity index (χ1) is 10.3. The Morgan fingerprint density at radius 1 is 1.26 bits per heavy atom. The van der Waals surface area contributed by atoms with Crippen LogP contribution in [0, 0.1) is 0 Å². The van der Waals surface area contributed by atoms with E-state index >= 15 is 0 Å². The number of likely N-dealkylation sites (tertiary alicyclic amines) is 1. The average molecular weight is 365 g/mol. The number of nitrogens with zero attached hydrogens (tertiary/aromatic N) is 4. The minimum atomic E-state index is 0. The fourth-order valence-electron chi connectivity index (χ4n) is 3.22. The summed E-state index contributed by atoms with van der Waals surface area (Å²) in [5.41, 5.74) is 0. The second kappa shape index (κ2) is 10.1. The first-order valence-electron chi connectivity index (χ1n) is 7.89. The lowest BCUT2D eigenvalue weighted by molar-refractivity contribution is -0.132. The van der Waals surface area contributed by atoms with Gasteiger partial charge in [-0.2, -0.15) is 5.10 Å². The van der Waals surface area contributed by atoms with Gasteiger partial charge in [-0.15, -0.1) is 24.8 Å². The van der Waals surface area contributed by atoms with Crippen LogP contribution in [0.2, 0.25) is 0 Å². The van der Waals surface area contributed by atoms with Crippen LogP contribution in [0.5, 0.6) is 0 Å². The fourth-order valence-corrected chi connectivity index (χ4v) is 3.22. The summed E-state index contributed by atoms with van der Waals surface area (Å²) in [5.74, 6) is 1.70. The van der Waals surface area contributed by atoms with E-state index < -0.39 is 0 Å². The number of piperazine rings is 1. The minimum Gasteiger partial charge on any atom is -0.340 e. The number of nitrogens with one attached hydrogen (secondary N) is 2. The van der Waals surface area contributed by atoms with Gasteiger partial charge >= 0.3 is 0 Å². The molecule has 1 aromatic heterocycles. The third-order valence-corrected chi connectivity index (χ3v) is 4.44. The topological polar surface area (TPSA) is 77.2 Å². The molecule has 3 heterocycles. The quantitative estimate of drug-likeness (QED) is 0.819. The summed E-state index contributed by atoms with van der Waals surface area (Å²) >= 11 is 0. The summed E-state index contributed by atoms with van der Waals surface area (Å²) in [7, 11) is 0. The molecule has 1 atom stereocenters. The zero-order valence-corrected chi connectivity index (χ0v) is 14.9. The lowest BCUT2D eigenvalue weighted by atomic mass is 9.97. The number of rotatable bonds is 4. The van der Waals surface area contributed by atoms with Gasteiger partial charge in [0.25, 0.3) is 0 Å². The first kappa shape index (κ1) is 20.2. The Bertz CT molecular complexity index is 452. The van der Waals surface area contributed by atoms with Crippen molar-refractivity contribution in [1.29, 1.82) is 0 Å². The smallest absolute Gasteiger partial charge is 0.223 e. The summed E-state index contributed by atoms with van der Waals surface area (Å²) in [6.07, 6.45) is 4.51. The maximum Gasteiger partial charge on any atom is 0.223 e. The van der Waals surface area contributed by atoms with Crippen LogP contribution >= 0.6 is 24.8 Å². The number of hydrogen-bond donors (Lipinski definition) is 2. The highest BCUT2D eigenvalue weighted by Crippen LogP contribution is 2.23. The van der Waals surface area contributed by atoms with Gasteiger partial charge in [0.05, 0.1) is 0 Å². The van der Waals surface area contributed by atoms with Crippen LogP contribution in [0.3, 0.4) is 0 Å². The molecule has 0 saturated carbocycles. The third kappa shape index (κ3) is 5.60. The van der Waals surface area contributed by atoms with Crippen molar-refractivity contribution in [1.82, 2.24) is 30.3 Å². The molecule has 2 aliphatic heterocycles. The van der Waals surface area contributed by atoms with Crippen LogP contribution in [0.4, 0.5) is 0 Å². The van der Waals surface area contributed by atoms with E-state index in [-0.39, 0.29) is 24.8 Å². The molecule has 7 nitrogen and oxygen atoms in total. The highest BCUT2D eigenvalue weighted by Gasteiger charge is 2.24. The molecule has 1 unspecified atom stereocenters. The number of carbonyl (C=O) groups is 1. The number of aromatic amines is 1. The lowest BCUT2D eigenvalue weighted by Gasteiger charge is -2.32. The van der Waals surface area contributed by atoms with Crippen LogP contribution in [0.1, 0.15) is 31.0 Å². The van der Waals surface area contributed by atoms with Crippen molar-refractivity contribution < 1.29 is 4.79 Å². The van der Waals surface area contributed by atoms with Gasteiger partial charge in [-0.25, -0.2) is 4.98 Å². The van der Waals surface area contributed by atoms with Crippen molar-refractivity contribution in [2.75, 3.05) is 45.8 Å². The van der Waals surface area contributed by atoms with Gasteiger partial charge in [-0.1, -0.05) is 0 Å². The van der Waals surface area contributed by atoms with E-state index in [9.17, 15) is 4.79 Å². The van der Waals surface area contributed by atoms with E-state index in [1.165, 1.54) is 0 Å². The second-order valence-electron chi connectivity index (χ2n) is 5.89. The fraction of sp³-hybridized carbons (Fsp3) is 0.786. The predicted octanol–water partition coefficient (Wildman–Crippen LogP) is 0.650. The maximum atomic E-state index is 12.2. The van der Waals surface area contributed by atoms with E-state index in [1.807, 2.05) is 4.90 Å². The molecular weight excluding hydrogens is 339 g/mol. The monoisotopic (exact) mass is 364 g/mol. The van der Waals surface area contributed by atoms with Crippen molar-refractivity contribution in [2.45, 2.75) is 25.2 Å². The van der Waals surface area contributed by atoms with Crippen molar-refractivity contribution in [2.24, 2.45) is 0 Å². The molecule has 2 fully saturated rings. The summed E-state index contributed by atoms with van der Waals surface area (Å²) < 4.78 is 0. The normalized spacial score (nSPS) is 22.1. The third-order valence-electron chi connectivity index (χ3n) is 4.44. The SMILES string of the molecule is Cl.Cl.O=C(CCN1CCCC(c2ncn[nH]2)C1)N1CCNCC1. The Morgan fingerprint density at radius 2 is 2.04 bits per heavy atom. The average Bonchev–Trinajstić information content (AvgIpc) is 3.08. The Labute approximate surface area is 149 Å². The Kier molecular flexibility index (Phi) is 8.83. The Hall–Kier alpha value is -0.890. The lowest BCUT2D eigenvalue weighted by Crippen LogP contribution is -2.47. The van der Waals surface area contributed by atoms with E-state index in [4.69, 9.17) is 0 Å². The molecular formula is C14H26Cl2N6O. The van der Waals surface area contributed by atoms with Crippen molar-refractivity contribution in [3.8, 4) is 0 Å². The van der Waals surface area contributed by atoms with Gasteiger partial charge in [0.1, 0.15) is 12.2 Å². The first-order valence-corrected chi connectivity index (χ1v) is 7.89. The maximum absolute atomic E-state index is 12.2. The molecule has 0 radical (unpaired) electrons. The van der Waals surface area contributed by atoms with Crippen molar-refractivity contribution in [3.63, 3.8) is 0 Å². The molecule has 132 valence electrons. The number of amides is 1. The van der Waals surface area contributed by atoms with E-state index in [2.05, 4.69) is 25.4 Å². The van der Waals surface area contributed by atoms with Crippen LogP contribution in [0.15, 0.2) is 6.33 Å². The largest absolute Gasteiger partial charge is 0.340 e. The molecule has 1 amide bonds. The van der Waals surface area contributed by atoms with Gasteiger partial charge in [-0.3, -0.25) is 9.89 Å². The summed E-state index contributed by atoms with van der Waals surface area (Å²) in [6, 6.07) is 0. The van der Waals surface area contributed by atoms with Crippen molar-refractivity contribution in [3.05, 3.63) is 12.2 Å². The molecule has 23 heavy (non-hydrogen) atoms. The molecule has 9 heteroatoms. The standard InChI is InChI=1S/C14H24N6O.2ClH/c21-13(20-8-4-15-5-9-20)3-7-19-6-1-2-12(10-19)14-16-11-17-18-14;;/h11-12,15H,1-10H2,(H,16,17,18);2*1H. The molecule has 0 bridgehead atoms. The molecule has 1 aromatic rings. The summed E-state index contributed by atoms with van der Waals surface area (Å²) in [4.78, 5) is 20.8.